The molecule has 2 atom stereocenters. The van der Waals surface area contributed by atoms with Crippen LogP contribution in [0.5, 0.6) is 0 Å². The molecule has 2 rings (SSSR count). The Kier molecular flexibility index (Phi) is 5.37. The summed E-state index contributed by atoms with van der Waals surface area (Å²) in [5, 5.41) is 3.36. The maximum Gasteiger partial charge on any atom is 0.0921 e. The number of aromatic amines is 1. The van der Waals surface area contributed by atoms with Gasteiger partial charge in [0, 0.05) is 24.4 Å². The largest absolute Gasteiger partial charge is 0.348 e. The van der Waals surface area contributed by atoms with Crippen LogP contribution in [0.15, 0.2) is 12.5 Å². The Hall–Kier alpha value is -0.250. The average Bonchev–Trinajstić information content (AvgIpc) is 2.55. The van der Waals surface area contributed by atoms with E-state index >= 15 is 0 Å². The maximum absolute atomic E-state index is 4.02. The van der Waals surface area contributed by atoms with Crippen LogP contribution in [0.4, 0.5) is 0 Å². The molecule has 1 aromatic rings. The van der Waals surface area contributed by atoms with Crippen LogP contribution in [0.1, 0.15) is 18.5 Å². The number of halogens is 2. The Morgan fingerprint density at radius 1 is 1.38 bits per heavy atom. The summed E-state index contributed by atoms with van der Waals surface area (Å²) in [5.41, 5.74) is 1.27. The molecule has 5 heteroatoms. The SMILES string of the molecule is C[C@H]1CNC[C@H]1c1cnc[nH]1.Cl.Cl. The molecular weight excluding hydrogens is 209 g/mol. The Balaban J connectivity index is 0.000000720. The van der Waals surface area contributed by atoms with Crippen LogP contribution in [0.25, 0.3) is 0 Å². The van der Waals surface area contributed by atoms with Crippen LogP contribution in [0, 0.1) is 5.92 Å². The van der Waals surface area contributed by atoms with Gasteiger partial charge in [-0.1, -0.05) is 6.92 Å². The van der Waals surface area contributed by atoms with Crippen LogP contribution in [0.3, 0.4) is 0 Å². The van der Waals surface area contributed by atoms with Crippen molar-refractivity contribution in [3.63, 3.8) is 0 Å². The first-order valence-electron chi connectivity index (χ1n) is 4.07. The van der Waals surface area contributed by atoms with E-state index in [1.54, 1.807) is 6.33 Å². The zero-order valence-electron chi connectivity index (χ0n) is 7.49. The predicted molar refractivity (Wildman–Crippen MR) is 57.9 cm³/mol. The molecule has 1 aromatic heterocycles. The predicted octanol–water partition coefficient (Wildman–Crippen LogP) is 1.58. The van der Waals surface area contributed by atoms with Crippen molar-refractivity contribution in [2.45, 2.75) is 12.8 Å². The van der Waals surface area contributed by atoms with Crippen LogP contribution in [0.2, 0.25) is 0 Å². The summed E-state index contributed by atoms with van der Waals surface area (Å²) >= 11 is 0. The topological polar surface area (TPSA) is 40.7 Å². The van der Waals surface area contributed by atoms with Crippen LogP contribution in [-0.2, 0) is 0 Å². The molecule has 1 aliphatic rings. The molecule has 0 aromatic carbocycles. The number of nitrogens with zero attached hydrogens (tertiary/aromatic N) is 1. The molecule has 0 unspecified atom stereocenters. The van der Waals surface area contributed by atoms with Gasteiger partial charge in [0.15, 0.2) is 0 Å². The monoisotopic (exact) mass is 223 g/mol. The zero-order valence-corrected chi connectivity index (χ0v) is 9.12. The highest BCUT2D eigenvalue weighted by Gasteiger charge is 2.25. The van der Waals surface area contributed by atoms with Gasteiger partial charge in [-0.15, -0.1) is 24.8 Å². The lowest BCUT2D eigenvalue weighted by Crippen LogP contribution is -2.08. The maximum atomic E-state index is 4.02. The summed E-state index contributed by atoms with van der Waals surface area (Å²) in [6.07, 6.45) is 3.68. The number of nitrogens with one attached hydrogen (secondary N) is 2. The van der Waals surface area contributed by atoms with E-state index in [0.717, 1.165) is 19.0 Å². The van der Waals surface area contributed by atoms with Gasteiger partial charge >= 0.3 is 0 Å². The van der Waals surface area contributed by atoms with Gasteiger partial charge in [-0.25, -0.2) is 4.98 Å². The van der Waals surface area contributed by atoms with Crippen LogP contribution < -0.4 is 5.32 Å². The summed E-state index contributed by atoms with van der Waals surface area (Å²) in [7, 11) is 0. The van der Waals surface area contributed by atoms with E-state index in [4.69, 9.17) is 0 Å². The Bertz CT molecular complexity index is 225. The lowest BCUT2D eigenvalue weighted by atomic mass is 9.95. The summed E-state index contributed by atoms with van der Waals surface area (Å²) in [5.74, 6) is 1.37. The quantitative estimate of drug-likeness (QED) is 0.760. The normalized spacial score (nSPS) is 26.2. The number of rotatable bonds is 1. The summed E-state index contributed by atoms with van der Waals surface area (Å²) in [6.45, 7) is 4.48. The Labute approximate surface area is 90.5 Å². The second-order valence-electron chi connectivity index (χ2n) is 3.25. The van der Waals surface area contributed by atoms with Gasteiger partial charge in [0.25, 0.3) is 0 Å². The standard InChI is InChI=1S/C8H13N3.2ClH/c1-6-2-9-3-7(6)8-4-10-5-11-8;;/h4-7,9H,2-3H2,1H3,(H,10,11);2*1H/t6-,7+;;/m0../s1. The first kappa shape index (κ1) is 12.8. The number of H-pyrrole nitrogens is 1. The fourth-order valence-corrected chi connectivity index (χ4v) is 1.70. The first-order chi connectivity index (χ1) is 5.38. The second kappa shape index (κ2) is 5.47. The van der Waals surface area contributed by atoms with Gasteiger partial charge in [0.05, 0.1) is 6.33 Å². The lowest BCUT2D eigenvalue weighted by molar-refractivity contribution is 0.562. The molecule has 0 aliphatic carbocycles. The molecule has 0 spiro atoms. The van der Waals surface area contributed by atoms with Crippen LogP contribution in [-0.4, -0.2) is 23.1 Å². The third kappa shape index (κ3) is 2.59. The number of aromatic nitrogens is 2. The van der Waals surface area contributed by atoms with E-state index in [1.807, 2.05) is 6.20 Å². The highest BCUT2D eigenvalue weighted by Crippen LogP contribution is 2.25. The fraction of sp³-hybridized carbons (Fsp3) is 0.625. The van der Waals surface area contributed by atoms with Crippen molar-refractivity contribution in [1.29, 1.82) is 0 Å². The molecule has 13 heavy (non-hydrogen) atoms. The smallest absolute Gasteiger partial charge is 0.0921 e. The average molecular weight is 224 g/mol. The van der Waals surface area contributed by atoms with E-state index in [2.05, 4.69) is 22.2 Å². The molecule has 2 heterocycles. The van der Waals surface area contributed by atoms with Crippen molar-refractivity contribution in [3.8, 4) is 0 Å². The minimum atomic E-state index is 0. The Morgan fingerprint density at radius 3 is 2.62 bits per heavy atom. The Morgan fingerprint density at radius 2 is 2.15 bits per heavy atom. The number of hydrogen-bond donors (Lipinski definition) is 2. The number of hydrogen-bond acceptors (Lipinski definition) is 2. The molecule has 76 valence electrons. The van der Waals surface area contributed by atoms with E-state index in [9.17, 15) is 0 Å². The lowest BCUT2D eigenvalue weighted by Gasteiger charge is -2.10. The zero-order chi connectivity index (χ0) is 7.68. The van der Waals surface area contributed by atoms with Gasteiger partial charge in [-0.05, 0) is 12.5 Å². The van der Waals surface area contributed by atoms with Crippen LogP contribution >= 0.6 is 24.8 Å². The van der Waals surface area contributed by atoms with Crippen molar-refractivity contribution in [2.24, 2.45) is 5.92 Å². The third-order valence-electron chi connectivity index (χ3n) is 2.44. The summed E-state index contributed by atoms with van der Waals surface area (Å²) in [6, 6.07) is 0. The molecule has 0 radical (unpaired) electrons. The molecular formula is C8H15Cl2N3. The van der Waals surface area contributed by atoms with Crippen molar-refractivity contribution in [2.75, 3.05) is 13.1 Å². The summed E-state index contributed by atoms with van der Waals surface area (Å²) < 4.78 is 0. The van der Waals surface area contributed by atoms with Gasteiger partial charge in [0.1, 0.15) is 0 Å². The fourth-order valence-electron chi connectivity index (χ4n) is 1.70. The molecule has 2 N–H and O–H groups in total. The van der Waals surface area contributed by atoms with Crippen molar-refractivity contribution < 1.29 is 0 Å². The van der Waals surface area contributed by atoms with Gasteiger partial charge in [-0.2, -0.15) is 0 Å². The molecule has 1 saturated heterocycles. The van der Waals surface area contributed by atoms with Gasteiger partial charge < -0.3 is 10.3 Å². The molecule has 1 fully saturated rings. The van der Waals surface area contributed by atoms with E-state index in [0.29, 0.717) is 5.92 Å². The van der Waals surface area contributed by atoms with Gasteiger partial charge in [-0.3, -0.25) is 0 Å². The first-order valence-corrected chi connectivity index (χ1v) is 4.07. The molecule has 1 aliphatic heterocycles. The van der Waals surface area contributed by atoms with Crippen molar-refractivity contribution in [3.05, 3.63) is 18.2 Å². The molecule has 0 bridgehead atoms. The minimum absolute atomic E-state index is 0. The highest BCUT2D eigenvalue weighted by atomic mass is 35.5. The van der Waals surface area contributed by atoms with Gasteiger partial charge in [0.2, 0.25) is 0 Å². The van der Waals surface area contributed by atoms with E-state index < -0.39 is 0 Å². The molecule has 0 saturated carbocycles. The molecule has 3 nitrogen and oxygen atoms in total. The minimum Gasteiger partial charge on any atom is -0.348 e. The van der Waals surface area contributed by atoms with Crippen molar-refractivity contribution >= 4 is 24.8 Å². The van der Waals surface area contributed by atoms with E-state index in [1.165, 1.54) is 5.69 Å². The molecule has 0 amide bonds. The van der Waals surface area contributed by atoms with Crippen molar-refractivity contribution in [1.82, 2.24) is 15.3 Å². The third-order valence-corrected chi connectivity index (χ3v) is 2.44. The van der Waals surface area contributed by atoms with E-state index in [-0.39, 0.29) is 24.8 Å². The number of imidazole rings is 1. The summed E-state index contributed by atoms with van der Waals surface area (Å²) in [4.78, 5) is 7.18. The highest BCUT2D eigenvalue weighted by molar-refractivity contribution is 5.85. The second-order valence-corrected chi connectivity index (χ2v) is 3.25.